The zero-order valence-electron chi connectivity index (χ0n) is 12.9. The van der Waals surface area contributed by atoms with Crippen LogP contribution in [-0.2, 0) is 7.05 Å². The van der Waals surface area contributed by atoms with Gasteiger partial charge in [0.2, 0.25) is 0 Å². The number of para-hydroxylation sites is 1. The topological polar surface area (TPSA) is 77.8 Å². The van der Waals surface area contributed by atoms with Crippen molar-refractivity contribution in [1.29, 1.82) is 0 Å². The summed E-state index contributed by atoms with van der Waals surface area (Å²) in [6, 6.07) is 17.3. The van der Waals surface area contributed by atoms with Crippen LogP contribution < -0.4 is 10.1 Å². The van der Waals surface area contributed by atoms with Crippen LogP contribution in [0.2, 0.25) is 0 Å². The van der Waals surface area contributed by atoms with Crippen molar-refractivity contribution in [2.75, 3.05) is 5.32 Å². The standard InChI is InChI=1S/C17H14N6O/c1-23-17-15(21-22-23)16(18-11-19-17)20-12-7-9-14(10-8-12)24-13-5-3-2-4-6-13/h2-11H,1H3,(H,18,19,20). The van der Waals surface area contributed by atoms with Crippen LogP contribution in [0.1, 0.15) is 0 Å². The van der Waals surface area contributed by atoms with Gasteiger partial charge in [0.1, 0.15) is 17.8 Å². The van der Waals surface area contributed by atoms with E-state index in [1.807, 2.05) is 54.6 Å². The van der Waals surface area contributed by atoms with E-state index >= 15 is 0 Å². The number of benzene rings is 2. The maximum atomic E-state index is 5.78. The van der Waals surface area contributed by atoms with Gasteiger partial charge in [0.15, 0.2) is 17.0 Å². The Morgan fingerprint density at radius 2 is 1.67 bits per heavy atom. The van der Waals surface area contributed by atoms with E-state index in [0.29, 0.717) is 17.0 Å². The minimum absolute atomic E-state index is 0.616. The minimum Gasteiger partial charge on any atom is -0.457 e. The number of hydrogen-bond donors (Lipinski definition) is 1. The Morgan fingerprint density at radius 3 is 2.46 bits per heavy atom. The van der Waals surface area contributed by atoms with Crippen molar-refractivity contribution in [3.63, 3.8) is 0 Å². The van der Waals surface area contributed by atoms with Crippen molar-refractivity contribution in [3.05, 3.63) is 60.9 Å². The summed E-state index contributed by atoms with van der Waals surface area (Å²) in [6.07, 6.45) is 1.49. The fourth-order valence-electron chi connectivity index (χ4n) is 2.31. The quantitative estimate of drug-likeness (QED) is 0.622. The van der Waals surface area contributed by atoms with Crippen LogP contribution in [0, 0.1) is 0 Å². The summed E-state index contributed by atoms with van der Waals surface area (Å²) >= 11 is 0. The maximum absolute atomic E-state index is 5.78. The number of aryl methyl sites for hydroxylation is 1. The van der Waals surface area contributed by atoms with E-state index in [1.54, 1.807) is 11.7 Å². The van der Waals surface area contributed by atoms with Crippen molar-refractivity contribution in [2.24, 2.45) is 7.05 Å². The molecule has 118 valence electrons. The molecule has 0 aliphatic carbocycles. The van der Waals surface area contributed by atoms with Crippen LogP contribution in [-0.4, -0.2) is 25.0 Å². The summed E-state index contributed by atoms with van der Waals surface area (Å²) in [4.78, 5) is 8.41. The SMILES string of the molecule is Cn1nnc2c(Nc3ccc(Oc4ccccc4)cc3)ncnc21. The molecule has 7 nitrogen and oxygen atoms in total. The predicted molar refractivity (Wildman–Crippen MR) is 90.3 cm³/mol. The van der Waals surface area contributed by atoms with Gasteiger partial charge in [-0.25, -0.2) is 14.6 Å². The molecule has 0 saturated heterocycles. The van der Waals surface area contributed by atoms with Crippen LogP contribution in [0.15, 0.2) is 60.9 Å². The molecule has 0 radical (unpaired) electrons. The Bertz CT molecular complexity index is 965. The number of hydrogen-bond acceptors (Lipinski definition) is 6. The lowest BCUT2D eigenvalue weighted by Crippen LogP contribution is -1.97. The third-order valence-electron chi connectivity index (χ3n) is 3.48. The van der Waals surface area contributed by atoms with Crippen LogP contribution in [0.4, 0.5) is 11.5 Å². The van der Waals surface area contributed by atoms with Gasteiger partial charge in [0.05, 0.1) is 0 Å². The number of fused-ring (bicyclic) bond motifs is 1. The molecule has 4 aromatic rings. The van der Waals surface area contributed by atoms with Crippen molar-refractivity contribution >= 4 is 22.7 Å². The summed E-state index contributed by atoms with van der Waals surface area (Å²) in [5.41, 5.74) is 2.18. The number of aromatic nitrogens is 5. The van der Waals surface area contributed by atoms with E-state index in [4.69, 9.17) is 4.74 Å². The number of rotatable bonds is 4. The van der Waals surface area contributed by atoms with Crippen molar-refractivity contribution in [3.8, 4) is 11.5 Å². The highest BCUT2D eigenvalue weighted by Gasteiger charge is 2.09. The molecule has 2 aromatic carbocycles. The average molecular weight is 318 g/mol. The predicted octanol–water partition coefficient (Wildman–Crippen LogP) is 3.29. The van der Waals surface area contributed by atoms with Gasteiger partial charge in [-0.2, -0.15) is 0 Å². The van der Waals surface area contributed by atoms with Gasteiger partial charge in [-0.15, -0.1) is 5.10 Å². The monoisotopic (exact) mass is 318 g/mol. The Hall–Kier alpha value is -3.48. The van der Waals surface area contributed by atoms with Crippen molar-refractivity contribution < 1.29 is 4.74 Å². The first kappa shape index (κ1) is 14.1. The summed E-state index contributed by atoms with van der Waals surface area (Å²) < 4.78 is 7.39. The highest BCUT2D eigenvalue weighted by molar-refractivity contribution is 5.84. The van der Waals surface area contributed by atoms with Crippen molar-refractivity contribution in [1.82, 2.24) is 25.0 Å². The van der Waals surface area contributed by atoms with E-state index in [-0.39, 0.29) is 0 Å². The molecule has 0 spiro atoms. The van der Waals surface area contributed by atoms with Gasteiger partial charge in [0, 0.05) is 12.7 Å². The average Bonchev–Trinajstić information content (AvgIpc) is 3.00. The molecule has 0 atom stereocenters. The van der Waals surface area contributed by atoms with Gasteiger partial charge in [-0.1, -0.05) is 23.4 Å². The van der Waals surface area contributed by atoms with Crippen LogP contribution in [0.5, 0.6) is 11.5 Å². The fourth-order valence-corrected chi connectivity index (χ4v) is 2.31. The van der Waals surface area contributed by atoms with E-state index in [9.17, 15) is 0 Å². The summed E-state index contributed by atoms with van der Waals surface area (Å²) in [6.45, 7) is 0. The number of ether oxygens (including phenoxy) is 1. The zero-order valence-corrected chi connectivity index (χ0v) is 12.9. The van der Waals surface area contributed by atoms with Gasteiger partial charge in [0.25, 0.3) is 0 Å². The Balaban J connectivity index is 1.55. The number of nitrogens with zero attached hydrogens (tertiary/aromatic N) is 5. The van der Waals surface area contributed by atoms with E-state index < -0.39 is 0 Å². The molecular weight excluding hydrogens is 304 g/mol. The zero-order chi connectivity index (χ0) is 16.4. The lowest BCUT2D eigenvalue weighted by atomic mass is 10.3. The Kier molecular flexibility index (Phi) is 3.51. The highest BCUT2D eigenvalue weighted by Crippen LogP contribution is 2.25. The molecule has 24 heavy (non-hydrogen) atoms. The third kappa shape index (κ3) is 2.74. The molecule has 0 aliphatic heterocycles. The molecule has 2 aromatic heterocycles. The molecule has 0 unspecified atom stereocenters. The molecule has 4 rings (SSSR count). The smallest absolute Gasteiger partial charge is 0.183 e. The second kappa shape index (κ2) is 5.96. The Labute approximate surface area is 137 Å². The van der Waals surface area contributed by atoms with E-state index in [1.165, 1.54) is 6.33 Å². The Morgan fingerprint density at radius 1 is 0.917 bits per heavy atom. The fraction of sp³-hybridized carbons (Fsp3) is 0.0588. The number of nitrogens with one attached hydrogen (secondary N) is 1. The molecule has 2 heterocycles. The molecule has 7 heteroatoms. The molecule has 0 amide bonds. The summed E-state index contributed by atoms with van der Waals surface area (Å²) in [5.74, 6) is 2.18. The van der Waals surface area contributed by atoms with Crippen LogP contribution in [0.25, 0.3) is 11.2 Å². The summed E-state index contributed by atoms with van der Waals surface area (Å²) in [7, 11) is 1.79. The van der Waals surface area contributed by atoms with Gasteiger partial charge in [-0.3, -0.25) is 0 Å². The highest BCUT2D eigenvalue weighted by atomic mass is 16.5. The van der Waals surface area contributed by atoms with Gasteiger partial charge < -0.3 is 10.1 Å². The minimum atomic E-state index is 0.616. The summed E-state index contributed by atoms with van der Waals surface area (Å²) in [5, 5.41) is 11.3. The molecule has 0 aliphatic rings. The van der Waals surface area contributed by atoms with Crippen LogP contribution in [0.3, 0.4) is 0 Å². The van der Waals surface area contributed by atoms with E-state index in [2.05, 4.69) is 25.6 Å². The van der Waals surface area contributed by atoms with Crippen LogP contribution >= 0.6 is 0 Å². The first-order valence-electron chi connectivity index (χ1n) is 7.40. The second-order valence-corrected chi connectivity index (χ2v) is 5.17. The molecule has 0 bridgehead atoms. The largest absolute Gasteiger partial charge is 0.457 e. The maximum Gasteiger partial charge on any atom is 0.183 e. The lowest BCUT2D eigenvalue weighted by molar-refractivity contribution is 0.483. The second-order valence-electron chi connectivity index (χ2n) is 5.17. The first-order chi connectivity index (χ1) is 11.8. The third-order valence-corrected chi connectivity index (χ3v) is 3.48. The lowest BCUT2D eigenvalue weighted by Gasteiger charge is -2.08. The normalized spacial score (nSPS) is 10.7. The number of anilines is 2. The molecular formula is C17H14N6O. The molecule has 0 saturated carbocycles. The first-order valence-corrected chi connectivity index (χ1v) is 7.40. The van der Waals surface area contributed by atoms with Crippen molar-refractivity contribution in [2.45, 2.75) is 0 Å². The van der Waals surface area contributed by atoms with Gasteiger partial charge in [-0.05, 0) is 36.4 Å². The molecule has 1 N–H and O–H groups in total. The molecule has 0 fully saturated rings. The van der Waals surface area contributed by atoms with E-state index in [0.717, 1.165) is 17.2 Å². The van der Waals surface area contributed by atoms with Gasteiger partial charge >= 0.3 is 0 Å².